The van der Waals surface area contributed by atoms with Crippen LogP contribution in [0.4, 0.5) is 0 Å². The number of amides is 2. The zero-order valence-corrected chi connectivity index (χ0v) is 16.9. The Bertz CT molecular complexity index is 958. The smallest absolute Gasteiger partial charge is 0.258 e. The molecule has 0 spiro atoms. The molecule has 3 aromatic rings. The number of ether oxygens (including phenoxy) is 1. The number of hydrogen-bond donors (Lipinski definition) is 2. The Hall–Kier alpha value is -3.52. The van der Waals surface area contributed by atoms with Crippen LogP contribution in [-0.2, 0) is 16.1 Å². The van der Waals surface area contributed by atoms with E-state index in [0.717, 1.165) is 10.5 Å². The number of carbonyl (C=O) groups excluding carboxylic acids is 2. The van der Waals surface area contributed by atoms with Gasteiger partial charge >= 0.3 is 0 Å². The van der Waals surface area contributed by atoms with Crippen LogP contribution in [0.3, 0.4) is 0 Å². The Morgan fingerprint density at radius 1 is 1.00 bits per heavy atom. The summed E-state index contributed by atoms with van der Waals surface area (Å²) < 4.78 is 10.6. The minimum atomic E-state index is -0.242. The van der Waals surface area contributed by atoms with Gasteiger partial charge in [-0.1, -0.05) is 18.2 Å². The number of benzene rings is 2. The summed E-state index contributed by atoms with van der Waals surface area (Å²) in [4.78, 5) is 24.6. The van der Waals surface area contributed by atoms with Gasteiger partial charge in [-0.3, -0.25) is 9.59 Å². The Kier molecular flexibility index (Phi) is 8.11. The molecule has 0 bridgehead atoms. The van der Waals surface area contributed by atoms with Crippen LogP contribution >= 0.6 is 11.8 Å². The number of furan rings is 1. The summed E-state index contributed by atoms with van der Waals surface area (Å²) in [5.74, 6) is 1.10. The molecule has 0 aliphatic carbocycles. The normalized spacial score (nSPS) is 10.7. The third kappa shape index (κ3) is 7.48. The zero-order chi connectivity index (χ0) is 21.0. The maximum absolute atomic E-state index is 11.8. The fourth-order valence-electron chi connectivity index (χ4n) is 2.33. The predicted molar refractivity (Wildman–Crippen MR) is 115 cm³/mol. The van der Waals surface area contributed by atoms with Crippen molar-refractivity contribution in [2.45, 2.75) is 11.4 Å². The molecule has 0 saturated carbocycles. The third-order valence-corrected chi connectivity index (χ3v) is 4.82. The number of carbonyl (C=O) groups is 2. The highest BCUT2D eigenvalue weighted by Gasteiger charge is 2.04. The Labute approximate surface area is 178 Å². The molecule has 2 amide bonds. The van der Waals surface area contributed by atoms with E-state index in [2.05, 4.69) is 15.8 Å². The lowest BCUT2D eigenvalue weighted by atomic mass is 10.2. The summed E-state index contributed by atoms with van der Waals surface area (Å²) in [6, 6.07) is 20.3. The molecule has 7 nitrogen and oxygen atoms in total. The molecule has 0 atom stereocenters. The van der Waals surface area contributed by atoms with Crippen LogP contribution in [0.5, 0.6) is 5.75 Å². The molecule has 0 aliphatic rings. The van der Waals surface area contributed by atoms with Crippen LogP contribution in [0.2, 0.25) is 0 Å². The van der Waals surface area contributed by atoms with Crippen molar-refractivity contribution in [3.63, 3.8) is 0 Å². The summed E-state index contributed by atoms with van der Waals surface area (Å²) >= 11 is 1.45. The summed E-state index contributed by atoms with van der Waals surface area (Å²) in [5, 5.41) is 6.66. The average Bonchev–Trinajstić information content (AvgIpc) is 3.30. The summed E-state index contributed by atoms with van der Waals surface area (Å²) in [7, 11) is 0. The van der Waals surface area contributed by atoms with Gasteiger partial charge in [0.2, 0.25) is 5.91 Å². The molecule has 0 saturated heterocycles. The quantitative estimate of drug-likeness (QED) is 0.297. The SMILES string of the molecule is O=C(COc1ccc(/C=N/NC(=O)CSc2ccccc2)cc1)NCc1ccco1. The van der Waals surface area contributed by atoms with E-state index in [1.54, 1.807) is 48.9 Å². The standard InChI is InChI=1S/C22H21N3O4S/c26-21(23-14-19-5-4-12-28-19)15-29-18-10-8-17(9-11-18)13-24-25-22(27)16-30-20-6-2-1-3-7-20/h1-13H,14-16H2,(H,23,26)(H,25,27)/b24-13+. The molecule has 30 heavy (non-hydrogen) atoms. The van der Waals surface area contributed by atoms with Gasteiger partial charge in [-0.25, -0.2) is 5.43 Å². The highest BCUT2D eigenvalue weighted by atomic mass is 32.2. The number of thioether (sulfide) groups is 1. The van der Waals surface area contributed by atoms with Gasteiger partial charge in [0, 0.05) is 4.90 Å². The van der Waals surface area contributed by atoms with Crippen LogP contribution in [-0.4, -0.2) is 30.4 Å². The molecule has 0 aliphatic heterocycles. The zero-order valence-electron chi connectivity index (χ0n) is 16.1. The highest BCUT2D eigenvalue weighted by Crippen LogP contribution is 2.16. The molecule has 1 heterocycles. The number of hydrogen-bond acceptors (Lipinski definition) is 6. The third-order valence-electron chi connectivity index (χ3n) is 3.81. The molecule has 154 valence electrons. The molecular formula is C22H21N3O4S. The van der Waals surface area contributed by atoms with Crippen LogP contribution in [0.1, 0.15) is 11.3 Å². The Morgan fingerprint density at radius 3 is 2.53 bits per heavy atom. The number of nitrogens with zero attached hydrogens (tertiary/aromatic N) is 1. The van der Waals surface area contributed by atoms with Gasteiger partial charge in [-0.05, 0) is 54.1 Å². The van der Waals surface area contributed by atoms with Gasteiger partial charge in [0.15, 0.2) is 6.61 Å². The molecule has 2 N–H and O–H groups in total. The molecule has 0 unspecified atom stereocenters. The largest absolute Gasteiger partial charge is 0.484 e. The van der Waals surface area contributed by atoms with Gasteiger partial charge in [0.25, 0.3) is 5.91 Å². The lowest BCUT2D eigenvalue weighted by Crippen LogP contribution is -2.28. The van der Waals surface area contributed by atoms with Gasteiger partial charge in [0.1, 0.15) is 11.5 Å². The fourth-order valence-corrected chi connectivity index (χ4v) is 3.04. The topological polar surface area (TPSA) is 92.9 Å². The van der Waals surface area contributed by atoms with Gasteiger partial charge < -0.3 is 14.5 Å². The van der Waals surface area contributed by atoms with E-state index < -0.39 is 0 Å². The maximum Gasteiger partial charge on any atom is 0.258 e. The van der Waals surface area contributed by atoms with E-state index in [4.69, 9.17) is 9.15 Å². The fraction of sp³-hybridized carbons (Fsp3) is 0.136. The average molecular weight is 423 g/mol. The van der Waals surface area contributed by atoms with E-state index in [1.165, 1.54) is 11.8 Å². The monoisotopic (exact) mass is 423 g/mol. The van der Waals surface area contributed by atoms with E-state index >= 15 is 0 Å². The van der Waals surface area contributed by atoms with Crippen LogP contribution in [0, 0.1) is 0 Å². The minimum Gasteiger partial charge on any atom is -0.484 e. The van der Waals surface area contributed by atoms with Gasteiger partial charge in [0.05, 0.1) is 24.8 Å². The van der Waals surface area contributed by atoms with Crippen LogP contribution in [0.25, 0.3) is 0 Å². The van der Waals surface area contributed by atoms with E-state index in [9.17, 15) is 9.59 Å². The van der Waals surface area contributed by atoms with Gasteiger partial charge in [-0.2, -0.15) is 5.10 Å². The molecule has 0 fully saturated rings. The number of hydrazone groups is 1. The van der Waals surface area contributed by atoms with Crippen molar-refractivity contribution in [1.82, 2.24) is 10.7 Å². The first-order valence-electron chi connectivity index (χ1n) is 9.21. The van der Waals surface area contributed by atoms with Crippen molar-refractivity contribution in [3.8, 4) is 5.75 Å². The molecule has 1 aromatic heterocycles. The predicted octanol–water partition coefficient (Wildman–Crippen LogP) is 3.22. The van der Waals surface area contributed by atoms with E-state index in [1.807, 2.05) is 30.3 Å². The van der Waals surface area contributed by atoms with Crippen LogP contribution < -0.4 is 15.5 Å². The second-order valence-electron chi connectivity index (χ2n) is 6.11. The highest BCUT2D eigenvalue weighted by molar-refractivity contribution is 8.00. The van der Waals surface area contributed by atoms with E-state index in [-0.39, 0.29) is 24.2 Å². The Morgan fingerprint density at radius 2 is 1.80 bits per heavy atom. The maximum atomic E-state index is 11.8. The van der Waals surface area contributed by atoms with Crippen LogP contribution in [0.15, 0.2) is 87.4 Å². The first-order valence-corrected chi connectivity index (χ1v) is 10.2. The van der Waals surface area contributed by atoms with Crippen molar-refractivity contribution in [3.05, 3.63) is 84.3 Å². The van der Waals surface area contributed by atoms with Crippen molar-refractivity contribution < 1.29 is 18.7 Å². The number of rotatable bonds is 10. The lowest BCUT2D eigenvalue weighted by molar-refractivity contribution is -0.123. The van der Waals surface area contributed by atoms with Crippen molar-refractivity contribution >= 4 is 29.8 Å². The minimum absolute atomic E-state index is 0.0940. The van der Waals surface area contributed by atoms with Crippen molar-refractivity contribution in [2.75, 3.05) is 12.4 Å². The Balaban J connectivity index is 1.35. The molecule has 0 radical (unpaired) electrons. The van der Waals surface area contributed by atoms with Crippen molar-refractivity contribution in [1.29, 1.82) is 0 Å². The second kappa shape index (κ2) is 11.5. The first-order chi connectivity index (χ1) is 14.7. The summed E-state index contributed by atoms with van der Waals surface area (Å²) in [5.41, 5.74) is 3.29. The number of nitrogens with one attached hydrogen (secondary N) is 2. The summed E-state index contributed by atoms with van der Waals surface area (Å²) in [6.45, 7) is 0.226. The second-order valence-corrected chi connectivity index (χ2v) is 7.16. The van der Waals surface area contributed by atoms with E-state index in [0.29, 0.717) is 18.1 Å². The lowest BCUT2D eigenvalue weighted by Gasteiger charge is -2.06. The molecule has 2 aromatic carbocycles. The summed E-state index contributed by atoms with van der Waals surface area (Å²) in [6.07, 6.45) is 3.10. The molecule has 3 rings (SSSR count). The molecule has 8 heteroatoms. The first kappa shape index (κ1) is 21.2. The van der Waals surface area contributed by atoms with Crippen molar-refractivity contribution in [2.24, 2.45) is 5.10 Å². The molecular weight excluding hydrogens is 402 g/mol. The van der Waals surface area contributed by atoms with Gasteiger partial charge in [-0.15, -0.1) is 11.8 Å².